The lowest BCUT2D eigenvalue weighted by atomic mass is 10.1. The number of carbonyl (C=O) groups excluding carboxylic acids is 1. The first-order valence-electron chi connectivity index (χ1n) is 4.76. The molecule has 0 aliphatic heterocycles. The molecule has 1 aromatic carbocycles. The van der Waals surface area contributed by atoms with Crippen molar-refractivity contribution < 1.29 is 14.3 Å². The summed E-state index contributed by atoms with van der Waals surface area (Å²) in [6.45, 7) is 2.09. The van der Waals surface area contributed by atoms with Gasteiger partial charge in [0.2, 0.25) is 0 Å². The molecule has 1 aromatic rings. The second-order valence-electron chi connectivity index (χ2n) is 3.05. The average Bonchev–Trinajstić information content (AvgIpc) is 2.22. The van der Waals surface area contributed by atoms with Crippen molar-refractivity contribution in [1.82, 2.24) is 0 Å². The summed E-state index contributed by atoms with van der Waals surface area (Å²) in [7, 11) is 1.50. The number of methoxy groups -OCH3 is 1. The highest BCUT2D eigenvalue weighted by Gasteiger charge is 2.14. The fourth-order valence-electron chi connectivity index (χ4n) is 1.29. The monoisotopic (exact) mass is 262 g/mol. The van der Waals surface area contributed by atoms with Gasteiger partial charge in [-0.15, -0.1) is 0 Å². The molecule has 5 heteroatoms. The topological polar surface area (TPSA) is 35.5 Å². The summed E-state index contributed by atoms with van der Waals surface area (Å²) >= 11 is 11.8. The van der Waals surface area contributed by atoms with Gasteiger partial charge in [0.25, 0.3) is 0 Å². The predicted molar refractivity (Wildman–Crippen MR) is 63.4 cm³/mol. The molecule has 0 saturated carbocycles. The number of benzene rings is 1. The van der Waals surface area contributed by atoms with Gasteiger partial charge in [0, 0.05) is 15.6 Å². The van der Waals surface area contributed by atoms with Crippen LogP contribution in [0.3, 0.4) is 0 Å². The van der Waals surface area contributed by atoms with E-state index in [1.54, 1.807) is 19.1 Å². The van der Waals surface area contributed by atoms with Crippen molar-refractivity contribution in [3.8, 4) is 5.75 Å². The molecule has 0 atom stereocenters. The lowest BCUT2D eigenvalue weighted by Gasteiger charge is -2.10. The minimum atomic E-state index is -0.343. The van der Waals surface area contributed by atoms with E-state index in [1.807, 2.05) is 0 Å². The van der Waals surface area contributed by atoms with Gasteiger partial charge in [0.1, 0.15) is 5.75 Å². The molecule has 16 heavy (non-hydrogen) atoms. The number of ether oxygens (including phenoxy) is 2. The van der Waals surface area contributed by atoms with Gasteiger partial charge in [0.15, 0.2) is 0 Å². The van der Waals surface area contributed by atoms with Crippen LogP contribution < -0.4 is 4.74 Å². The van der Waals surface area contributed by atoms with Crippen molar-refractivity contribution >= 4 is 29.2 Å². The number of rotatable bonds is 4. The highest BCUT2D eigenvalue weighted by molar-refractivity contribution is 6.35. The predicted octanol–water partition coefficient (Wildman–Crippen LogP) is 3.11. The minimum absolute atomic E-state index is 0.0764. The Hall–Kier alpha value is -0.930. The quantitative estimate of drug-likeness (QED) is 0.783. The summed E-state index contributed by atoms with van der Waals surface area (Å²) in [5.74, 6) is 0.149. The zero-order valence-electron chi connectivity index (χ0n) is 9.05. The van der Waals surface area contributed by atoms with Gasteiger partial charge in [-0.2, -0.15) is 0 Å². The molecular weight excluding hydrogens is 251 g/mol. The summed E-state index contributed by atoms with van der Waals surface area (Å²) < 4.78 is 9.95. The van der Waals surface area contributed by atoms with Gasteiger partial charge in [-0.05, 0) is 19.1 Å². The third-order valence-electron chi connectivity index (χ3n) is 1.97. The Morgan fingerprint density at radius 3 is 2.62 bits per heavy atom. The van der Waals surface area contributed by atoms with Crippen molar-refractivity contribution in [2.75, 3.05) is 13.7 Å². The van der Waals surface area contributed by atoms with E-state index in [0.29, 0.717) is 28.0 Å². The molecule has 0 saturated heterocycles. The van der Waals surface area contributed by atoms with E-state index in [4.69, 9.17) is 32.7 Å². The largest absolute Gasteiger partial charge is 0.496 e. The Morgan fingerprint density at radius 2 is 2.06 bits per heavy atom. The van der Waals surface area contributed by atoms with E-state index in [0.717, 1.165) is 0 Å². The van der Waals surface area contributed by atoms with Crippen LogP contribution in [0.4, 0.5) is 0 Å². The van der Waals surface area contributed by atoms with E-state index in [2.05, 4.69) is 0 Å². The van der Waals surface area contributed by atoms with Crippen LogP contribution in [0.25, 0.3) is 0 Å². The van der Waals surface area contributed by atoms with Crippen molar-refractivity contribution in [2.45, 2.75) is 13.3 Å². The van der Waals surface area contributed by atoms with Crippen molar-refractivity contribution in [1.29, 1.82) is 0 Å². The molecule has 0 fully saturated rings. The standard InChI is InChI=1S/C11H12Cl2O3/c1-3-16-11(14)6-8-9(13)4-7(12)5-10(8)15-2/h4-5H,3,6H2,1-2H3. The molecule has 0 radical (unpaired) electrons. The minimum Gasteiger partial charge on any atom is -0.496 e. The maximum atomic E-state index is 11.3. The van der Waals surface area contributed by atoms with Crippen LogP contribution in [0.5, 0.6) is 5.75 Å². The Bertz CT molecular complexity index is 391. The van der Waals surface area contributed by atoms with Gasteiger partial charge in [-0.3, -0.25) is 4.79 Å². The number of esters is 1. The van der Waals surface area contributed by atoms with Crippen LogP contribution in [-0.4, -0.2) is 19.7 Å². The summed E-state index contributed by atoms with van der Waals surface area (Å²) in [6.07, 6.45) is 0.0764. The molecule has 0 aliphatic carbocycles. The third-order valence-corrected chi connectivity index (χ3v) is 2.52. The molecule has 0 aliphatic rings. The molecule has 3 nitrogen and oxygen atoms in total. The number of halogens is 2. The molecule has 0 N–H and O–H groups in total. The lowest BCUT2D eigenvalue weighted by molar-refractivity contribution is -0.142. The molecular formula is C11H12Cl2O3. The normalized spacial score (nSPS) is 10.0. The second kappa shape index (κ2) is 5.97. The van der Waals surface area contributed by atoms with Crippen molar-refractivity contribution in [2.24, 2.45) is 0 Å². The van der Waals surface area contributed by atoms with Crippen LogP contribution in [0.15, 0.2) is 12.1 Å². The van der Waals surface area contributed by atoms with Crippen LogP contribution in [0.2, 0.25) is 10.0 Å². The van der Waals surface area contributed by atoms with Gasteiger partial charge in [-0.25, -0.2) is 0 Å². The Balaban J connectivity index is 2.98. The summed E-state index contributed by atoms with van der Waals surface area (Å²) in [5, 5.41) is 0.867. The Labute approximate surface area is 104 Å². The Kier molecular flexibility index (Phi) is 4.90. The van der Waals surface area contributed by atoms with Crippen LogP contribution in [0.1, 0.15) is 12.5 Å². The van der Waals surface area contributed by atoms with E-state index in [-0.39, 0.29) is 12.4 Å². The smallest absolute Gasteiger partial charge is 0.310 e. The SMILES string of the molecule is CCOC(=O)Cc1c(Cl)cc(Cl)cc1OC. The van der Waals surface area contributed by atoms with Gasteiger partial charge in [0.05, 0.1) is 20.1 Å². The highest BCUT2D eigenvalue weighted by Crippen LogP contribution is 2.31. The fourth-order valence-corrected chi connectivity index (χ4v) is 1.83. The van der Waals surface area contributed by atoms with Crippen molar-refractivity contribution in [3.63, 3.8) is 0 Å². The molecule has 0 amide bonds. The van der Waals surface area contributed by atoms with Gasteiger partial charge < -0.3 is 9.47 Å². The molecule has 0 heterocycles. The molecule has 1 rings (SSSR count). The highest BCUT2D eigenvalue weighted by atomic mass is 35.5. The number of hydrogen-bond acceptors (Lipinski definition) is 3. The zero-order chi connectivity index (χ0) is 12.1. The Morgan fingerprint density at radius 1 is 1.38 bits per heavy atom. The van der Waals surface area contributed by atoms with E-state index in [9.17, 15) is 4.79 Å². The first-order valence-corrected chi connectivity index (χ1v) is 5.51. The van der Waals surface area contributed by atoms with E-state index >= 15 is 0 Å². The lowest BCUT2D eigenvalue weighted by Crippen LogP contribution is -2.09. The van der Waals surface area contributed by atoms with Crippen LogP contribution in [-0.2, 0) is 16.0 Å². The van der Waals surface area contributed by atoms with E-state index < -0.39 is 0 Å². The maximum absolute atomic E-state index is 11.3. The van der Waals surface area contributed by atoms with Gasteiger partial charge in [-0.1, -0.05) is 23.2 Å². The summed E-state index contributed by atoms with van der Waals surface area (Å²) in [5.41, 5.74) is 0.590. The second-order valence-corrected chi connectivity index (χ2v) is 3.89. The molecule has 0 aromatic heterocycles. The molecule has 88 valence electrons. The van der Waals surface area contributed by atoms with Crippen LogP contribution >= 0.6 is 23.2 Å². The number of carbonyl (C=O) groups is 1. The van der Waals surface area contributed by atoms with Crippen molar-refractivity contribution in [3.05, 3.63) is 27.7 Å². The fraction of sp³-hybridized carbons (Fsp3) is 0.364. The molecule has 0 bridgehead atoms. The average molecular weight is 263 g/mol. The molecule has 0 spiro atoms. The zero-order valence-corrected chi connectivity index (χ0v) is 10.6. The number of hydrogen-bond donors (Lipinski definition) is 0. The summed E-state index contributed by atoms with van der Waals surface area (Å²) in [6, 6.07) is 3.18. The molecule has 0 unspecified atom stereocenters. The van der Waals surface area contributed by atoms with Crippen LogP contribution in [0, 0.1) is 0 Å². The summed E-state index contributed by atoms with van der Waals surface area (Å²) in [4.78, 5) is 11.3. The first-order chi connectivity index (χ1) is 7.58. The first kappa shape index (κ1) is 13.1. The maximum Gasteiger partial charge on any atom is 0.310 e. The van der Waals surface area contributed by atoms with Gasteiger partial charge >= 0.3 is 5.97 Å². The third kappa shape index (κ3) is 3.29. The van der Waals surface area contributed by atoms with E-state index in [1.165, 1.54) is 7.11 Å².